The molecule has 1 heterocycles. The fourth-order valence-corrected chi connectivity index (χ4v) is 2.50. The Labute approximate surface area is 114 Å². The molecule has 0 aliphatic heterocycles. The van der Waals surface area contributed by atoms with Crippen molar-refractivity contribution in [3.63, 3.8) is 0 Å². The van der Waals surface area contributed by atoms with Gasteiger partial charge in [-0.1, -0.05) is 20.8 Å². The van der Waals surface area contributed by atoms with Crippen LogP contribution in [0.4, 0.5) is 11.6 Å². The summed E-state index contributed by atoms with van der Waals surface area (Å²) in [7, 11) is 0. The lowest BCUT2D eigenvalue weighted by Gasteiger charge is -2.49. The molecule has 0 aromatic carbocycles. The number of aliphatic hydroxyl groups is 1. The van der Waals surface area contributed by atoms with Gasteiger partial charge < -0.3 is 15.7 Å². The fourth-order valence-electron chi connectivity index (χ4n) is 2.50. The van der Waals surface area contributed by atoms with Crippen LogP contribution in [0.25, 0.3) is 0 Å². The van der Waals surface area contributed by atoms with E-state index in [2.05, 4.69) is 48.3 Å². The molecular weight excluding hydrogens is 240 g/mol. The summed E-state index contributed by atoms with van der Waals surface area (Å²) in [5, 5.41) is 16.5. The maximum absolute atomic E-state index is 9.80. The summed E-state index contributed by atoms with van der Waals surface area (Å²) >= 11 is 0. The normalized spacial score (nSPS) is 24.7. The molecule has 5 heteroatoms. The average molecular weight is 264 g/mol. The zero-order valence-corrected chi connectivity index (χ0v) is 12.2. The summed E-state index contributed by atoms with van der Waals surface area (Å²) in [4.78, 5) is 8.65. The highest BCUT2D eigenvalue weighted by Crippen LogP contribution is 2.42. The first-order valence-electron chi connectivity index (χ1n) is 7.03. The molecule has 0 bridgehead atoms. The Bertz CT molecular complexity index is 447. The van der Waals surface area contributed by atoms with Crippen molar-refractivity contribution in [2.45, 2.75) is 52.7 Å². The van der Waals surface area contributed by atoms with Crippen LogP contribution in [0.1, 0.15) is 39.7 Å². The van der Waals surface area contributed by atoms with Gasteiger partial charge in [-0.3, -0.25) is 0 Å². The highest BCUT2D eigenvalue weighted by atomic mass is 16.3. The van der Waals surface area contributed by atoms with E-state index >= 15 is 0 Å². The largest absolute Gasteiger partial charge is 0.392 e. The van der Waals surface area contributed by atoms with E-state index in [-0.39, 0.29) is 17.6 Å². The molecule has 5 nitrogen and oxygen atoms in total. The molecule has 1 aliphatic carbocycles. The van der Waals surface area contributed by atoms with Crippen LogP contribution in [0.15, 0.2) is 6.33 Å². The minimum absolute atomic E-state index is 0.103. The smallest absolute Gasteiger partial charge is 0.134 e. The Hall–Kier alpha value is -1.36. The molecule has 1 fully saturated rings. The molecule has 1 aromatic rings. The summed E-state index contributed by atoms with van der Waals surface area (Å²) in [5.41, 5.74) is 1.01. The highest BCUT2D eigenvalue weighted by Gasteiger charge is 2.47. The molecule has 2 atom stereocenters. The van der Waals surface area contributed by atoms with Crippen molar-refractivity contribution in [1.82, 2.24) is 9.97 Å². The second kappa shape index (κ2) is 5.33. The van der Waals surface area contributed by atoms with Crippen LogP contribution in [0, 0.1) is 5.41 Å². The van der Waals surface area contributed by atoms with E-state index in [1.807, 2.05) is 0 Å². The third-order valence-electron chi connectivity index (χ3n) is 4.17. The fraction of sp³-hybridized carbons (Fsp3) is 0.714. The SMILES string of the molecule is CCNc1ncnc(NC2CC(O)C2(C)C)c1CC. The molecule has 19 heavy (non-hydrogen) atoms. The van der Waals surface area contributed by atoms with Crippen LogP contribution in [-0.2, 0) is 6.42 Å². The quantitative estimate of drug-likeness (QED) is 0.759. The van der Waals surface area contributed by atoms with Crippen molar-refractivity contribution in [3.05, 3.63) is 11.9 Å². The summed E-state index contributed by atoms with van der Waals surface area (Å²) in [6.07, 6.45) is 3.00. The van der Waals surface area contributed by atoms with Crippen LogP contribution in [-0.4, -0.2) is 33.8 Å². The molecule has 2 unspecified atom stereocenters. The van der Waals surface area contributed by atoms with E-state index in [1.165, 1.54) is 0 Å². The van der Waals surface area contributed by atoms with Crippen molar-refractivity contribution in [2.75, 3.05) is 17.2 Å². The van der Waals surface area contributed by atoms with Gasteiger partial charge in [-0.05, 0) is 19.8 Å². The zero-order chi connectivity index (χ0) is 14.0. The topological polar surface area (TPSA) is 70.1 Å². The van der Waals surface area contributed by atoms with Gasteiger partial charge >= 0.3 is 0 Å². The van der Waals surface area contributed by atoms with E-state index < -0.39 is 0 Å². The number of hydrogen-bond acceptors (Lipinski definition) is 5. The van der Waals surface area contributed by atoms with Gasteiger partial charge in [-0.2, -0.15) is 0 Å². The van der Waals surface area contributed by atoms with Gasteiger partial charge in [-0.15, -0.1) is 0 Å². The van der Waals surface area contributed by atoms with Crippen molar-refractivity contribution < 1.29 is 5.11 Å². The first-order chi connectivity index (χ1) is 9.00. The van der Waals surface area contributed by atoms with Crippen LogP contribution < -0.4 is 10.6 Å². The van der Waals surface area contributed by atoms with Crippen molar-refractivity contribution in [1.29, 1.82) is 0 Å². The first kappa shape index (κ1) is 14.1. The van der Waals surface area contributed by atoms with E-state index in [0.717, 1.165) is 36.6 Å². The Kier molecular flexibility index (Phi) is 3.94. The Morgan fingerprint density at radius 3 is 2.53 bits per heavy atom. The van der Waals surface area contributed by atoms with Crippen molar-refractivity contribution in [3.8, 4) is 0 Å². The van der Waals surface area contributed by atoms with Crippen LogP contribution in [0.5, 0.6) is 0 Å². The van der Waals surface area contributed by atoms with E-state index in [9.17, 15) is 5.11 Å². The predicted molar refractivity (Wildman–Crippen MR) is 77.4 cm³/mol. The molecule has 0 spiro atoms. The van der Waals surface area contributed by atoms with E-state index in [4.69, 9.17) is 0 Å². The Morgan fingerprint density at radius 2 is 2.00 bits per heavy atom. The van der Waals surface area contributed by atoms with E-state index in [1.54, 1.807) is 6.33 Å². The Morgan fingerprint density at radius 1 is 1.32 bits per heavy atom. The average Bonchev–Trinajstić information content (AvgIpc) is 2.39. The molecule has 1 aliphatic rings. The lowest BCUT2D eigenvalue weighted by molar-refractivity contribution is -0.0511. The standard InChI is InChI=1S/C14H24N4O/c1-5-9-12(15-6-2)16-8-17-13(9)18-10-7-11(19)14(10,3)4/h8,10-11,19H,5-7H2,1-4H3,(H2,15,16,17,18). The summed E-state index contributed by atoms with van der Waals surface area (Å²) < 4.78 is 0. The molecule has 0 saturated heterocycles. The van der Waals surface area contributed by atoms with Crippen molar-refractivity contribution >= 4 is 11.6 Å². The molecule has 1 saturated carbocycles. The number of anilines is 2. The minimum atomic E-state index is -0.231. The number of rotatable bonds is 5. The molecule has 3 N–H and O–H groups in total. The molecular formula is C14H24N4O. The number of hydrogen-bond donors (Lipinski definition) is 3. The lowest BCUT2D eigenvalue weighted by atomic mass is 9.64. The number of aromatic nitrogens is 2. The molecule has 0 amide bonds. The molecule has 0 radical (unpaired) electrons. The van der Waals surface area contributed by atoms with Gasteiger partial charge in [0.2, 0.25) is 0 Å². The second-order valence-electron chi connectivity index (χ2n) is 5.70. The van der Waals surface area contributed by atoms with Gasteiger partial charge in [0, 0.05) is 23.6 Å². The summed E-state index contributed by atoms with van der Waals surface area (Å²) in [5.74, 6) is 1.79. The monoisotopic (exact) mass is 264 g/mol. The Balaban J connectivity index is 2.19. The molecule has 1 aromatic heterocycles. The minimum Gasteiger partial charge on any atom is -0.392 e. The maximum Gasteiger partial charge on any atom is 0.134 e. The maximum atomic E-state index is 9.80. The van der Waals surface area contributed by atoms with Gasteiger partial charge in [0.05, 0.1) is 6.10 Å². The number of nitrogens with zero attached hydrogens (tertiary/aromatic N) is 2. The van der Waals surface area contributed by atoms with E-state index in [0.29, 0.717) is 0 Å². The zero-order valence-electron chi connectivity index (χ0n) is 12.2. The van der Waals surface area contributed by atoms with Gasteiger partial charge in [0.25, 0.3) is 0 Å². The van der Waals surface area contributed by atoms with Gasteiger partial charge in [0.15, 0.2) is 0 Å². The predicted octanol–water partition coefficient (Wildman–Crippen LogP) is 2.04. The number of aliphatic hydroxyl groups excluding tert-OH is 1. The van der Waals surface area contributed by atoms with Crippen LogP contribution in [0.2, 0.25) is 0 Å². The second-order valence-corrected chi connectivity index (χ2v) is 5.70. The van der Waals surface area contributed by atoms with Crippen molar-refractivity contribution in [2.24, 2.45) is 5.41 Å². The number of nitrogens with one attached hydrogen (secondary N) is 2. The van der Waals surface area contributed by atoms with Crippen LogP contribution in [0.3, 0.4) is 0 Å². The van der Waals surface area contributed by atoms with Crippen LogP contribution >= 0.6 is 0 Å². The van der Waals surface area contributed by atoms with Gasteiger partial charge in [-0.25, -0.2) is 9.97 Å². The lowest BCUT2D eigenvalue weighted by Crippen LogP contribution is -2.57. The highest BCUT2D eigenvalue weighted by molar-refractivity contribution is 5.58. The molecule has 2 rings (SSSR count). The van der Waals surface area contributed by atoms with Gasteiger partial charge in [0.1, 0.15) is 18.0 Å². The molecule has 106 valence electrons. The first-order valence-corrected chi connectivity index (χ1v) is 7.03. The third kappa shape index (κ3) is 2.52. The third-order valence-corrected chi connectivity index (χ3v) is 4.17. The summed E-state index contributed by atoms with van der Waals surface area (Å²) in [6, 6.07) is 0.261. The summed E-state index contributed by atoms with van der Waals surface area (Å²) in [6.45, 7) is 9.16.